The Balaban J connectivity index is 1.52. The third-order valence-corrected chi connectivity index (χ3v) is 5.77. The van der Waals surface area contributed by atoms with E-state index in [1.165, 1.54) is 11.1 Å². The highest BCUT2D eigenvalue weighted by atomic mass is 16.3. The maximum Gasteiger partial charge on any atom is 0.144 e. The summed E-state index contributed by atoms with van der Waals surface area (Å²) in [5.41, 5.74) is 8.39. The Morgan fingerprint density at radius 3 is 1.77 bits per heavy atom. The fourth-order valence-electron chi connectivity index (χ4n) is 4.24. The van der Waals surface area contributed by atoms with Crippen molar-refractivity contribution >= 4 is 21.9 Å². The number of fused-ring (bicyclic) bond motifs is 3. The topological polar surface area (TPSA) is 26.0 Å². The van der Waals surface area contributed by atoms with Crippen molar-refractivity contribution in [2.75, 3.05) is 0 Å². The molecule has 0 radical (unpaired) electrons. The predicted molar refractivity (Wildman–Crippen MR) is 128 cm³/mol. The zero-order chi connectivity index (χ0) is 20.6. The Morgan fingerprint density at radius 1 is 0.452 bits per heavy atom. The Labute approximate surface area is 180 Å². The first-order valence-electron chi connectivity index (χ1n) is 10.4. The molecule has 0 aliphatic heterocycles. The van der Waals surface area contributed by atoms with Crippen molar-refractivity contribution in [3.63, 3.8) is 0 Å². The first-order chi connectivity index (χ1) is 15.4. The molecule has 0 spiro atoms. The van der Waals surface area contributed by atoms with Crippen molar-refractivity contribution in [1.82, 2.24) is 4.98 Å². The van der Waals surface area contributed by atoms with Gasteiger partial charge in [-0.15, -0.1) is 0 Å². The lowest BCUT2D eigenvalue weighted by Crippen LogP contribution is -1.81. The van der Waals surface area contributed by atoms with Crippen LogP contribution in [0.25, 0.3) is 55.4 Å². The van der Waals surface area contributed by atoms with Crippen molar-refractivity contribution in [2.24, 2.45) is 0 Å². The number of benzene rings is 4. The summed E-state index contributed by atoms with van der Waals surface area (Å²) in [4.78, 5) is 4.53. The largest absolute Gasteiger partial charge is 0.455 e. The van der Waals surface area contributed by atoms with Crippen LogP contribution < -0.4 is 0 Å². The number of hydrogen-bond donors (Lipinski definition) is 0. The van der Waals surface area contributed by atoms with Gasteiger partial charge in [0, 0.05) is 28.1 Å². The van der Waals surface area contributed by atoms with Gasteiger partial charge in [0.2, 0.25) is 0 Å². The van der Waals surface area contributed by atoms with Crippen molar-refractivity contribution in [2.45, 2.75) is 0 Å². The molecule has 0 atom stereocenters. The highest BCUT2D eigenvalue weighted by molar-refractivity contribution is 6.12. The lowest BCUT2D eigenvalue weighted by Gasteiger charge is -2.05. The van der Waals surface area contributed by atoms with Gasteiger partial charge in [-0.25, -0.2) is 0 Å². The molecule has 2 heterocycles. The minimum Gasteiger partial charge on any atom is -0.455 e. The van der Waals surface area contributed by atoms with Crippen molar-refractivity contribution in [3.05, 3.63) is 115 Å². The van der Waals surface area contributed by atoms with Gasteiger partial charge in [-0.05, 0) is 34.9 Å². The monoisotopic (exact) mass is 397 g/mol. The molecule has 0 saturated heterocycles. The summed E-state index contributed by atoms with van der Waals surface area (Å²) in [5, 5.41) is 2.23. The van der Waals surface area contributed by atoms with Crippen LogP contribution in [0, 0.1) is 0 Å². The Kier molecular flexibility index (Phi) is 4.14. The Hall–Kier alpha value is -4.17. The highest BCUT2D eigenvalue weighted by Gasteiger charge is 2.15. The molecular weight excluding hydrogens is 378 g/mol. The van der Waals surface area contributed by atoms with E-state index in [9.17, 15) is 0 Å². The Bertz CT molecular complexity index is 1500. The summed E-state index contributed by atoms with van der Waals surface area (Å²) in [7, 11) is 0. The second-order valence-corrected chi connectivity index (χ2v) is 7.62. The number of furan rings is 1. The molecule has 0 unspecified atom stereocenters. The van der Waals surface area contributed by atoms with Crippen molar-refractivity contribution in [1.29, 1.82) is 0 Å². The average molecular weight is 397 g/mol. The second kappa shape index (κ2) is 7.26. The van der Waals surface area contributed by atoms with E-state index in [1.54, 1.807) is 0 Å². The molecular formula is C29H19NO. The fourth-order valence-corrected chi connectivity index (χ4v) is 4.24. The van der Waals surface area contributed by atoms with E-state index in [1.807, 2.05) is 30.5 Å². The van der Waals surface area contributed by atoms with Gasteiger partial charge in [0.15, 0.2) is 0 Å². The van der Waals surface area contributed by atoms with Crippen molar-refractivity contribution in [3.8, 4) is 33.5 Å². The SMILES string of the molecule is c1ccc(-c2ccc(-c3cccc4c3oc3c(-c5ccccn5)cccc34)cc2)cc1. The van der Waals surface area contributed by atoms with Gasteiger partial charge >= 0.3 is 0 Å². The van der Waals surface area contributed by atoms with Crippen LogP contribution in [0.3, 0.4) is 0 Å². The first kappa shape index (κ1) is 17.7. The molecule has 31 heavy (non-hydrogen) atoms. The molecule has 0 fully saturated rings. The molecule has 6 aromatic rings. The van der Waals surface area contributed by atoms with E-state index in [0.29, 0.717) is 0 Å². The molecule has 6 rings (SSSR count). The fraction of sp³-hybridized carbons (Fsp3) is 0. The summed E-state index contributed by atoms with van der Waals surface area (Å²) >= 11 is 0. The molecule has 0 aliphatic carbocycles. The summed E-state index contributed by atoms with van der Waals surface area (Å²) in [6, 6.07) is 37.7. The molecule has 0 aliphatic rings. The standard InChI is InChI=1S/C29H19NO/c1-2-8-20(9-3-1)21-15-17-22(18-16-21)23-10-6-11-24-25-12-7-13-26(29(25)31-28(23)24)27-14-4-5-19-30-27/h1-19H. The number of para-hydroxylation sites is 2. The van der Waals surface area contributed by atoms with Gasteiger partial charge in [-0.3, -0.25) is 4.98 Å². The van der Waals surface area contributed by atoms with Crippen LogP contribution in [0.1, 0.15) is 0 Å². The first-order valence-corrected chi connectivity index (χ1v) is 10.4. The van der Waals surface area contributed by atoms with Gasteiger partial charge in [-0.1, -0.05) is 91.0 Å². The molecule has 4 aromatic carbocycles. The summed E-state index contributed by atoms with van der Waals surface area (Å²) < 4.78 is 6.50. The van der Waals surface area contributed by atoms with Crippen LogP contribution in [0.4, 0.5) is 0 Å². The quantitative estimate of drug-likeness (QED) is 0.302. The predicted octanol–water partition coefficient (Wildman–Crippen LogP) is 7.98. The minimum absolute atomic E-state index is 0.879. The van der Waals surface area contributed by atoms with E-state index >= 15 is 0 Å². The van der Waals surface area contributed by atoms with Gasteiger partial charge in [0.1, 0.15) is 11.2 Å². The van der Waals surface area contributed by atoms with Crippen LogP contribution >= 0.6 is 0 Å². The number of aromatic nitrogens is 1. The lowest BCUT2D eigenvalue weighted by atomic mass is 9.98. The van der Waals surface area contributed by atoms with E-state index in [-0.39, 0.29) is 0 Å². The molecule has 146 valence electrons. The third kappa shape index (κ3) is 3.01. The normalized spacial score (nSPS) is 11.2. The molecule has 2 aromatic heterocycles. The number of hydrogen-bond acceptors (Lipinski definition) is 2. The van der Waals surface area contributed by atoms with Crippen LogP contribution in [-0.4, -0.2) is 4.98 Å². The van der Waals surface area contributed by atoms with E-state index in [4.69, 9.17) is 4.42 Å². The summed E-state index contributed by atoms with van der Waals surface area (Å²) in [6.45, 7) is 0. The van der Waals surface area contributed by atoms with Gasteiger partial charge in [0.25, 0.3) is 0 Å². The maximum absolute atomic E-state index is 6.50. The van der Waals surface area contributed by atoms with Crippen molar-refractivity contribution < 1.29 is 4.42 Å². The van der Waals surface area contributed by atoms with Crippen LogP contribution in [0.5, 0.6) is 0 Å². The van der Waals surface area contributed by atoms with E-state index in [2.05, 4.69) is 89.9 Å². The molecule has 0 saturated carbocycles. The zero-order valence-electron chi connectivity index (χ0n) is 16.8. The van der Waals surface area contributed by atoms with Gasteiger partial charge < -0.3 is 4.42 Å². The average Bonchev–Trinajstić information content (AvgIpc) is 3.24. The molecule has 2 heteroatoms. The zero-order valence-corrected chi connectivity index (χ0v) is 16.8. The second-order valence-electron chi connectivity index (χ2n) is 7.62. The highest BCUT2D eigenvalue weighted by Crippen LogP contribution is 2.39. The Morgan fingerprint density at radius 2 is 1.06 bits per heavy atom. The maximum atomic E-state index is 6.50. The smallest absolute Gasteiger partial charge is 0.144 e. The van der Waals surface area contributed by atoms with E-state index in [0.717, 1.165) is 44.3 Å². The molecule has 0 bridgehead atoms. The van der Waals surface area contributed by atoms with E-state index < -0.39 is 0 Å². The molecule has 0 amide bonds. The lowest BCUT2D eigenvalue weighted by molar-refractivity contribution is 0.671. The molecule has 2 nitrogen and oxygen atoms in total. The number of nitrogens with zero attached hydrogens (tertiary/aromatic N) is 1. The minimum atomic E-state index is 0.879. The molecule has 0 N–H and O–H groups in total. The van der Waals surface area contributed by atoms with Crippen LogP contribution in [0.15, 0.2) is 120 Å². The summed E-state index contributed by atoms with van der Waals surface area (Å²) in [6.07, 6.45) is 1.82. The summed E-state index contributed by atoms with van der Waals surface area (Å²) in [5.74, 6) is 0. The number of pyridine rings is 1. The van der Waals surface area contributed by atoms with Crippen LogP contribution in [-0.2, 0) is 0 Å². The van der Waals surface area contributed by atoms with Crippen LogP contribution in [0.2, 0.25) is 0 Å². The third-order valence-electron chi connectivity index (χ3n) is 5.77. The van der Waals surface area contributed by atoms with Gasteiger partial charge in [0.05, 0.1) is 5.69 Å². The number of rotatable bonds is 3. The van der Waals surface area contributed by atoms with Gasteiger partial charge in [-0.2, -0.15) is 0 Å².